The predicted octanol–water partition coefficient (Wildman–Crippen LogP) is 3.88. The van der Waals surface area contributed by atoms with Crippen LogP contribution in [-0.2, 0) is 9.57 Å². The van der Waals surface area contributed by atoms with Crippen LogP contribution < -0.4 is 0 Å². The molecule has 0 aromatic heterocycles. The zero-order chi connectivity index (χ0) is 18.9. The number of hydrogen-bond donors (Lipinski definition) is 1. The second kappa shape index (κ2) is 7.11. The second-order valence-electron chi connectivity index (χ2n) is 7.84. The van der Waals surface area contributed by atoms with Crippen LogP contribution in [0.1, 0.15) is 44.7 Å². The molecule has 1 saturated heterocycles. The van der Waals surface area contributed by atoms with Crippen molar-refractivity contribution >= 4 is 17.6 Å². The summed E-state index contributed by atoms with van der Waals surface area (Å²) in [6, 6.07) is 7.71. The van der Waals surface area contributed by atoms with E-state index in [0.29, 0.717) is 37.1 Å². The molecule has 2 aliphatic heterocycles. The zero-order valence-corrected chi connectivity index (χ0v) is 15.7. The van der Waals surface area contributed by atoms with Gasteiger partial charge in [0.15, 0.2) is 5.84 Å². The van der Waals surface area contributed by atoms with Crippen molar-refractivity contribution in [3.63, 3.8) is 0 Å². The standard InChI is InChI=1S/C20H27N3O3/c1-14-16-7-5-6-8-17(16)18(21)23(14)25-13-15-9-11-22(12-10-15)19(24)26-20(2,3)4/h5-8,15,21H,1,9-13H2,2-4H3. The number of fused-ring (bicyclic) bond motifs is 1. The topological polar surface area (TPSA) is 65.9 Å². The molecule has 1 amide bonds. The van der Waals surface area contributed by atoms with Crippen molar-refractivity contribution in [1.82, 2.24) is 9.96 Å². The van der Waals surface area contributed by atoms with Crippen LogP contribution in [0.2, 0.25) is 0 Å². The number of likely N-dealkylation sites (tertiary alicyclic amines) is 1. The number of ether oxygens (including phenoxy) is 1. The molecule has 0 atom stereocenters. The Morgan fingerprint density at radius 2 is 1.85 bits per heavy atom. The van der Waals surface area contributed by atoms with E-state index in [1.165, 1.54) is 5.06 Å². The van der Waals surface area contributed by atoms with Gasteiger partial charge in [0.05, 0.1) is 12.3 Å². The van der Waals surface area contributed by atoms with Crippen LogP contribution in [0.4, 0.5) is 4.79 Å². The average Bonchev–Trinajstić information content (AvgIpc) is 2.83. The summed E-state index contributed by atoms with van der Waals surface area (Å²) in [4.78, 5) is 19.8. The lowest BCUT2D eigenvalue weighted by Gasteiger charge is -2.33. The first-order valence-electron chi connectivity index (χ1n) is 9.04. The number of rotatable bonds is 3. The highest BCUT2D eigenvalue weighted by Gasteiger charge is 2.31. The van der Waals surface area contributed by atoms with E-state index in [1.807, 2.05) is 45.0 Å². The number of amidine groups is 1. The van der Waals surface area contributed by atoms with Crippen LogP contribution in [0.5, 0.6) is 0 Å². The molecule has 140 valence electrons. The number of carbonyl (C=O) groups is 1. The van der Waals surface area contributed by atoms with Crippen LogP contribution in [0, 0.1) is 11.3 Å². The van der Waals surface area contributed by atoms with Gasteiger partial charge in [0.25, 0.3) is 0 Å². The summed E-state index contributed by atoms with van der Waals surface area (Å²) in [5, 5.41) is 9.80. The van der Waals surface area contributed by atoms with E-state index < -0.39 is 5.60 Å². The van der Waals surface area contributed by atoms with Crippen molar-refractivity contribution in [2.24, 2.45) is 5.92 Å². The molecule has 0 radical (unpaired) electrons. The first-order chi connectivity index (χ1) is 12.3. The summed E-state index contributed by atoms with van der Waals surface area (Å²) < 4.78 is 5.43. The predicted molar refractivity (Wildman–Crippen MR) is 101 cm³/mol. The number of carbonyl (C=O) groups excluding carboxylic acids is 1. The summed E-state index contributed by atoms with van der Waals surface area (Å²) >= 11 is 0. The van der Waals surface area contributed by atoms with Gasteiger partial charge in [-0.1, -0.05) is 30.8 Å². The van der Waals surface area contributed by atoms with Crippen molar-refractivity contribution < 1.29 is 14.4 Å². The van der Waals surface area contributed by atoms with Gasteiger partial charge in [-0.3, -0.25) is 10.2 Å². The normalized spacial score (nSPS) is 18.3. The van der Waals surface area contributed by atoms with Crippen LogP contribution in [0.3, 0.4) is 0 Å². The Morgan fingerprint density at radius 1 is 1.23 bits per heavy atom. The van der Waals surface area contributed by atoms with Crippen LogP contribution in [0.15, 0.2) is 30.8 Å². The van der Waals surface area contributed by atoms with Crippen molar-refractivity contribution in [2.45, 2.75) is 39.2 Å². The zero-order valence-electron chi connectivity index (χ0n) is 15.7. The fraction of sp³-hybridized carbons (Fsp3) is 0.500. The van der Waals surface area contributed by atoms with E-state index in [2.05, 4.69) is 6.58 Å². The molecule has 1 N–H and O–H groups in total. The van der Waals surface area contributed by atoms with E-state index >= 15 is 0 Å². The third kappa shape index (κ3) is 3.90. The minimum Gasteiger partial charge on any atom is -0.444 e. The Morgan fingerprint density at radius 3 is 2.42 bits per heavy atom. The highest BCUT2D eigenvalue weighted by atomic mass is 16.7. The molecule has 6 nitrogen and oxygen atoms in total. The highest BCUT2D eigenvalue weighted by Crippen LogP contribution is 2.32. The maximum absolute atomic E-state index is 12.1. The minimum atomic E-state index is -0.470. The van der Waals surface area contributed by atoms with Gasteiger partial charge in [0.1, 0.15) is 5.60 Å². The van der Waals surface area contributed by atoms with E-state index in [1.54, 1.807) is 4.90 Å². The molecule has 6 heteroatoms. The van der Waals surface area contributed by atoms with Gasteiger partial charge in [-0.05, 0) is 39.5 Å². The lowest BCUT2D eigenvalue weighted by Crippen LogP contribution is -2.42. The molecule has 0 bridgehead atoms. The number of amides is 1. The molecule has 0 saturated carbocycles. The Labute approximate surface area is 154 Å². The molecule has 0 unspecified atom stereocenters. The number of nitrogens with one attached hydrogen (secondary N) is 1. The molecular formula is C20H27N3O3. The maximum atomic E-state index is 12.1. The SMILES string of the molecule is C=C1c2ccccc2C(=N)N1OCC1CCN(C(=O)OC(C)(C)C)CC1. The average molecular weight is 357 g/mol. The van der Waals surface area contributed by atoms with Gasteiger partial charge < -0.3 is 9.64 Å². The van der Waals surface area contributed by atoms with Gasteiger partial charge >= 0.3 is 6.09 Å². The molecule has 26 heavy (non-hydrogen) atoms. The van der Waals surface area contributed by atoms with Crippen LogP contribution >= 0.6 is 0 Å². The lowest BCUT2D eigenvalue weighted by atomic mass is 9.98. The fourth-order valence-corrected chi connectivity index (χ4v) is 3.23. The number of piperidine rings is 1. The van der Waals surface area contributed by atoms with Crippen LogP contribution in [-0.4, -0.2) is 47.2 Å². The molecule has 1 aromatic rings. The first-order valence-corrected chi connectivity index (χ1v) is 9.04. The fourth-order valence-electron chi connectivity index (χ4n) is 3.23. The Hall–Kier alpha value is -2.34. The Balaban J connectivity index is 1.48. The van der Waals surface area contributed by atoms with Crippen molar-refractivity contribution in [1.29, 1.82) is 5.41 Å². The van der Waals surface area contributed by atoms with E-state index in [0.717, 1.165) is 24.0 Å². The summed E-state index contributed by atoms with van der Waals surface area (Å²) in [7, 11) is 0. The largest absolute Gasteiger partial charge is 0.444 e. The van der Waals surface area contributed by atoms with E-state index in [-0.39, 0.29) is 6.09 Å². The second-order valence-corrected chi connectivity index (χ2v) is 7.84. The molecular weight excluding hydrogens is 330 g/mol. The van der Waals surface area contributed by atoms with Gasteiger partial charge in [0, 0.05) is 24.2 Å². The molecule has 3 rings (SSSR count). The van der Waals surface area contributed by atoms with Crippen molar-refractivity contribution in [2.75, 3.05) is 19.7 Å². The minimum absolute atomic E-state index is 0.248. The highest BCUT2D eigenvalue weighted by molar-refractivity contribution is 6.09. The summed E-state index contributed by atoms with van der Waals surface area (Å²) in [6.45, 7) is 11.5. The Bertz CT molecular complexity index is 680. The van der Waals surface area contributed by atoms with Gasteiger partial charge in [0.2, 0.25) is 0 Å². The molecule has 1 aromatic carbocycles. The van der Waals surface area contributed by atoms with Gasteiger partial charge in [-0.25, -0.2) is 9.86 Å². The third-order valence-electron chi connectivity index (χ3n) is 4.65. The molecule has 2 aliphatic rings. The summed E-state index contributed by atoms with van der Waals surface area (Å²) in [5.74, 6) is 0.676. The summed E-state index contributed by atoms with van der Waals surface area (Å²) in [6.07, 6.45) is 1.47. The third-order valence-corrected chi connectivity index (χ3v) is 4.65. The number of benzene rings is 1. The number of nitrogens with zero attached hydrogens (tertiary/aromatic N) is 2. The van der Waals surface area contributed by atoms with E-state index in [4.69, 9.17) is 15.0 Å². The Kier molecular flexibility index (Phi) is 5.05. The van der Waals surface area contributed by atoms with Crippen molar-refractivity contribution in [3.05, 3.63) is 42.0 Å². The molecule has 2 heterocycles. The quantitative estimate of drug-likeness (QED) is 0.892. The smallest absolute Gasteiger partial charge is 0.410 e. The van der Waals surface area contributed by atoms with Crippen molar-refractivity contribution in [3.8, 4) is 0 Å². The number of hydrogen-bond acceptors (Lipinski definition) is 4. The molecule has 0 aliphatic carbocycles. The monoisotopic (exact) mass is 357 g/mol. The van der Waals surface area contributed by atoms with Gasteiger partial charge in [-0.15, -0.1) is 0 Å². The lowest BCUT2D eigenvalue weighted by molar-refractivity contribution is -0.0740. The van der Waals surface area contributed by atoms with Gasteiger partial charge in [-0.2, -0.15) is 0 Å². The van der Waals surface area contributed by atoms with Crippen LogP contribution in [0.25, 0.3) is 5.70 Å². The molecule has 0 spiro atoms. The summed E-state index contributed by atoms with van der Waals surface area (Å²) in [5.41, 5.74) is 2.02. The molecule has 1 fully saturated rings. The van der Waals surface area contributed by atoms with E-state index in [9.17, 15) is 4.79 Å². The maximum Gasteiger partial charge on any atom is 0.410 e. The first kappa shape index (κ1) is 18.5. The number of hydroxylamine groups is 2.